The lowest BCUT2D eigenvalue weighted by Crippen LogP contribution is -2.06. The largest absolute Gasteiger partial charge is 0.462 e. The van der Waals surface area contributed by atoms with E-state index in [-0.39, 0.29) is 5.97 Å². The number of fused-ring (bicyclic) bond motifs is 1. The van der Waals surface area contributed by atoms with E-state index >= 15 is 0 Å². The highest BCUT2D eigenvalue weighted by atomic mass is 32.1. The van der Waals surface area contributed by atoms with E-state index in [1.807, 2.05) is 37.3 Å². The number of thiophene rings is 1. The van der Waals surface area contributed by atoms with Crippen molar-refractivity contribution in [3.05, 3.63) is 71.4 Å². The zero-order valence-corrected chi connectivity index (χ0v) is 17.1. The summed E-state index contributed by atoms with van der Waals surface area (Å²) in [5, 5.41) is 4.36. The molecule has 4 rings (SSSR count). The second kappa shape index (κ2) is 8.41. The van der Waals surface area contributed by atoms with Crippen LogP contribution in [0.3, 0.4) is 0 Å². The summed E-state index contributed by atoms with van der Waals surface area (Å²) in [4.78, 5) is 23.3. The van der Waals surface area contributed by atoms with Gasteiger partial charge >= 0.3 is 5.97 Å². The van der Waals surface area contributed by atoms with Crippen molar-refractivity contribution in [3.8, 4) is 11.1 Å². The van der Waals surface area contributed by atoms with E-state index in [0.29, 0.717) is 12.2 Å². The van der Waals surface area contributed by atoms with Gasteiger partial charge < -0.3 is 10.1 Å². The van der Waals surface area contributed by atoms with E-state index in [9.17, 15) is 4.79 Å². The molecule has 2 aromatic carbocycles. The number of anilines is 2. The Hall–Kier alpha value is -3.25. The van der Waals surface area contributed by atoms with Gasteiger partial charge in [0.2, 0.25) is 0 Å². The Balaban J connectivity index is 1.73. The standard InChI is InChI=1S/C23H21N3O2S/c1-3-12-28-23(27)17-10-7-11-18(13-17)26-21-20-19(16-8-5-4-6-9-16)15(2)29-22(20)25-14-24-21/h4-11,13-14H,3,12H2,1-2H3,(H,24,25,26). The molecule has 1 N–H and O–H groups in total. The number of carbonyl (C=O) groups is 1. The summed E-state index contributed by atoms with van der Waals surface area (Å²) in [5.41, 5.74) is 3.55. The Morgan fingerprint density at radius 2 is 1.93 bits per heavy atom. The van der Waals surface area contributed by atoms with Gasteiger partial charge in [0, 0.05) is 16.1 Å². The molecule has 0 unspecified atom stereocenters. The number of nitrogens with zero attached hydrogens (tertiary/aromatic N) is 2. The minimum Gasteiger partial charge on any atom is -0.462 e. The molecule has 0 saturated carbocycles. The maximum Gasteiger partial charge on any atom is 0.338 e. The monoisotopic (exact) mass is 403 g/mol. The van der Waals surface area contributed by atoms with Crippen LogP contribution < -0.4 is 5.32 Å². The van der Waals surface area contributed by atoms with Gasteiger partial charge in [0.1, 0.15) is 17.0 Å². The quantitative estimate of drug-likeness (QED) is 0.401. The summed E-state index contributed by atoms with van der Waals surface area (Å²) in [6, 6.07) is 17.5. The first-order valence-corrected chi connectivity index (χ1v) is 10.3. The van der Waals surface area contributed by atoms with Crippen molar-refractivity contribution in [1.82, 2.24) is 9.97 Å². The Bertz CT molecular complexity index is 1160. The summed E-state index contributed by atoms with van der Waals surface area (Å²) < 4.78 is 5.24. The molecule has 146 valence electrons. The predicted octanol–water partition coefficient (Wildman–Crippen LogP) is 5.98. The van der Waals surface area contributed by atoms with Crippen molar-refractivity contribution >= 4 is 39.0 Å². The third kappa shape index (κ3) is 3.98. The molecule has 0 bridgehead atoms. The van der Waals surface area contributed by atoms with Crippen molar-refractivity contribution in [1.29, 1.82) is 0 Å². The number of ether oxygens (including phenoxy) is 1. The van der Waals surface area contributed by atoms with Crippen LogP contribution in [0.15, 0.2) is 60.9 Å². The fourth-order valence-corrected chi connectivity index (χ4v) is 4.24. The molecule has 0 saturated heterocycles. The van der Waals surface area contributed by atoms with Crippen LogP contribution in [0.2, 0.25) is 0 Å². The van der Waals surface area contributed by atoms with Crippen LogP contribution >= 0.6 is 11.3 Å². The van der Waals surface area contributed by atoms with Crippen molar-refractivity contribution < 1.29 is 9.53 Å². The first kappa shape index (κ1) is 19.1. The Kier molecular flexibility index (Phi) is 5.53. The van der Waals surface area contributed by atoms with Crippen LogP contribution in [-0.4, -0.2) is 22.5 Å². The van der Waals surface area contributed by atoms with Crippen LogP contribution in [-0.2, 0) is 4.74 Å². The van der Waals surface area contributed by atoms with Gasteiger partial charge in [0.25, 0.3) is 0 Å². The maximum absolute atomic E-state index is 12.2. The lowest BCUT2D eigenvalue weighted by atomic mass is 10.0. The van der Waals surface area contributed by atoms with E-state index in [0.717, 1.165) is 39.3 Å². The number of esters is 1. The lowest BCUT2D eigenvalue weighted by Gasteiger charge is -2.10. The van der Waals surface area contributed by atoms with Gasteiger partial charge in [-0.25, -0.2) is 14.8 Å². The zero-order valence-electron chi connectivity index (χ0n) is 16.3. The van der Waals surface area contributed by atoms with E-state index < -0.39 is 0 Å². The van der Waals surface area contributed by atoms with Gasteiger partial charge in [0.15, 0.2) is 0 Å². The number of hydrogen-bond donors (Lipinski definition) is 1. The molecule has 29 heavy (non-hydrogen) atoms. The van der Waals surface area contributed by atoms with Gasteiger partial charge in [-0.3, -0.25) is 0 Å². The molecule has 0 spiro atoms. The topological polar surface area (TPSA) is 64.1 Å². The molecular weight excluding hydrogens is 382 g/mol. The maximum atomic E-state index is 12.2. The third-order valence-corrected chi connectivity index (χ3v) is 5.54. The molecule has 6 heteroatoms. The molecule has 0 aliphatic carbocycles. The first-order valence-electron chi connectivity index (χ1n) is 9.51. The van der Waals surface area contributed by atoms with E-state index in [4.69, 9.17) is 4.74 Å². The summed E-state index contributed by atoms with van der Waals surface area (Å²) in [7, 11) is 0. The van der Waals surface area contributed by atoms with Gasteiger partial charge in [-0.2, -0.15) is 0 Å². The minimum absolute atomic E-state index is 0.320. The number of rotatable bonds is 6. The molecule has 0 radical (unpaired) electrons. The van der Waals surface area contributed by atoms with Crippen LogP contribution in [0.4, 0.5) is 11.5 Å². The van der Waals surface area contributed by atoms with Gasteiger partial charge in [-0.1, -0.05) is 43.3 Å². The van der Waals surface area contributed by atoms with Gasteiger partial charge in [-0.05, 0) is 37.1 Å². The molecule has 4 aromatic rings. The number of aryl methyl sites for hydroxylation is 1. The number of aromatic nitrogens is 2. The Morgan fingerprint density at radius 1 is 1.10 bits per heavy atom. The Morgan fingerprint density at radius 3 is 2.72 bits per heavy atom. The highest BCUT2D eigenvalue weighted by molar-refractivity contribution is 7.19. The van der Waals surface area contributed by atoms with Crippen LogP contribution in [0, 0.1) is 6.92 Å². The highest BCUT2D eigenvalue weighted by Crippen LogP contribution is 2.40. The second-order valence-corrected chi connectivity index (χ2v) is 7.85. The fraction of sp³-hybridized carbons (Fsp3) is 0.174. The molecule has 0 fully saturated rings. The number of nitrogens with one attached hydrogen (secondary N) is 1. The normalized spacial score (nSPS) is 10.8. The molecule has 0 aliphatic rings. The number of carbonyl (C=O) groups excluding carboxylic acids is 1. The Labute approximate surface area is 173 Å². The molecule has 2 heterocycles. The fourth-order valence-electron chi connectivity index (χ4n) is 3.23. The summed E-state index contributed by atoms with van der Waals surface area (Å²) in [6.07, 6.45) is 2.36. The van der Waals surface area contributed by atoms with Crippen LogP contribution in [0.1, 0.15) is 28.6 Å². The molecule has 0 atom stereocenters. The average molecular weight is 404 g/mol. The van der Waals surface area contributed by atoms with Gasteiger partial charge in [-0.15, -0.1) is 11.3 Å². The van der Waals surface area contributed by atoms with E-state index in [2.05, 4.69) is 34.3 Å². The SMILES string of the molecule is CCCOC(=O)c1cccc(Nc2ncnc3sc(C)c(-c4ccccc4)c23)c1. The summed E-state index contributed by atoms with van der Waals surface area (Å²) in [5.74, 6) is 0.400. The average Bonchev–Trinajstić information content (AvgIpc) is 3.09. The van der Waals surface area contributed by atoms with E-state index in [1.165, 1.54) is 4.88 Å². The van der Waals surface area contributed by atoms with Gasteiger partial charge in [0.05, 0.1) is 17.6 Å². The molecular formula is C23H21N3O2S. The van der Waals surface area contributed by atoms with Crippen molar-refractivity contribution in [2.45, 2.75) is 20.3 Å². The first-order chi connectivity index (χ1) is 14.2. The summed E-state index contributed by atoms with van der Waals surface area (Å²) >= 11 is 1.65. The van der Waals surface area contributed by atoms with Crippen molar-refractivity contribution in [2.75, 3.05) is 11.9 Å². The smallest absolute Gasteiger partial charge is 0.338 e. The van der Waals surface area contributed by atoms with Crippen LogP contribution in [0.5, 0.6) is 0 Å². The van der Waals surface area contributed by atoms with Crippen LogP contribution in [0.25, 0.3) is 21.3 Å². The lowest BCUT2D eigenvalue weighted by molar-refractivity contribution is 0.0505. The number of hydrogen-bond acceptors (Lipinski definition) is 6. The highest BCUT2D eigenvalue weighted by Gasteiger charge is 2.17. The van der Waals surface area contributed by atoms with Crippen molar-refractivity contribution in [3.63, 3.8) is 0 Å². The number of benzene rings is 2. The predicted molar refractivity (Wildman–Crippen MR) is 118 cm³/mol. The minimum atomic E-state index is -0.320. The molecule has 5 nitrogen and oxygen atoms in total. The summed E-state index contributed by atoms with van der Waals surface area (Å²) in [6.45, 7) is 4.49. The molecule has 2 aromatic heterocycles. The second-order valence-electron chi connectivity index (χ2n) is 6.64. The molecule has 0 aliphatic heterocycles. The molecule has 0 amide bonds. The van der Waals surface area contributed by atoms with E-state index in [1.54, 1.807) is 29.8 Å². The third-order valence-electron chi connectivity index (χ3n) is 4.53. The van der Waals surface area contributed by atoms with Crippen molar-refractivity contribution in [2.24, 2.45) is 0 Å². The zero-order chi connectivity index (χ0) is 20.2.